The fourth-order valence-electron chi connectivity index (χ4n) is 2.08. The zero-order chi connectivity index (χ0) is 14.3. The standard InChI is InChI=1S/C14H11BrFN3S/c1-8-2-3-9(6-17-8)7-19-13-4-10(15)11(16)5-12(13)18-14(19)20/h2-6H,7H2,1H3,(H,18,20). The van der Waals surface area contributed by atoms with Crippen molar-refractivity contribution in [3.05, 3.63) is 56.8 Å². The Kier molecular flexibility index (Phi) is 3.43. The van der Waals surface area contributed by atoms with Gasteiger partial charge in [-0.05, 0) is 52.8 Å². The molecule has 0 aliphatic rings. The third kappa shape index (κ3) is 2.41. The fraction of sp³-hybridized carbons (Fsp3) is 0.143. The van der Waals surface area contributed by atoms with Gasteiger partial charge in [0.25, 0.3) is 0 Å². The summed E-state index contributed by atoms with van der Waals surface area (Å²) in [6.07, 6.45) is 1.83. The lowest BCUT2D eigenvalue weighted by Crippen LogP contribution is -2.00. The first-order valence-corrected chi connectivity index (χ1v) is 7.24. The van der Waals surface area contributed by atoms with Crippen LogP contribution < -0.4 is 0 Å². The van der Waals surface area contributed by atoms with Crippen molar-refractivity contribution < 1.29 is 4.39 Å². The normalized spacial score (nSPS) is 11.2. The number of fused-ring (bicyclic) bond motifs is 1. The Morgan fingerprint density at radius 3 is 2.90 bits per heavy atom. The van der Waals surface area contributed by atoms with Crippen molar-refractivity contribution in [1.82, 2.24) is 14.5 Å². The maximum Gasteiger partial charge on any atom is 0.178 e. The van der Waals surface area contributed by atoms with Gasteiger partial charge in [-0.1, -0.05) is 6.07 Å². The predicted molar refractivity (Wildman–Crippen MR) is 82.9 cm³/mol. The van der Waals surface area contributed by atoms with Gasteiger partial charge in [-0.3, -0.25) is 4.98 Å². The summed E-state index contributed by atoms with van der Waals surface area (Å²) in [7, 11) is 0. The van der Waals surface area contributed by atoms with Crippen LogP contribution in [0, 0.1) is 17.5 Å². The molecule has 3 aromatic rings. The third-order valence-corrected chi connectivity index (χ3v) is 4.06. The Hall–Kier alpha value is -1.53. The summed E-state index contributed by atoms with van der Waals surface area (Å²) in [6.45, 7) is 2.55. The van der Waals surface area contributed by atoms with Crippen molar-refractivity contribution in [3.8, 4) is 0 Å². The van der Waals surface area contributed by atoms with Crippen molar-refractivity contribution in [1.29, 1.82) is 0 Å². The van der Waals surface area contributed by atoms with Crippen LogP contribution in [-0.4, -0.2) is 14.5 Å². The quantitative estimate of drug-likeness (QED) is 0.696. The Bertz CT molecular complexity index is 836. The van der Waals surface area contributed by atoms with E-state index < -0.39 is 0 Å². The number of rotatable bonds is 2. The van der Waals surface area contributed by atoms with Crippen LogP contribution in [-0.2, 0) is 6.54 Å². The van der Waals surface area contributed by atoms with Crippen LogP contribution in [0.5, 0.6) is 0 Å². The van der Waals surface area contributed by atoms with Crippen molar-refractivity contribution in [2.24, 2.45) is 0 Å². The van der Waals surface area contributed by atoms with Gasteiger partial charge in [0, 0.05) is 18.0 Å². The van der Waals surface area contributed by atoms with Gasteiger partial charge in [-0.25, -0.2) is 4.39 Å². The van der Waals surface area contributed by atoms with Crippen LogP contribution in [0.4, 0.5) is 4.39 Å². The van der Waals surface area contributed by atoms with E-state index in [1.54, 1.807) is 6.07 Å². The van der Waals surface area contributed by atoms with Gasteiger partial charge < -0.3 is 9.55 Å². The van der Waals surface area contributed by atoms with E-state index in [9.17, 15) is 4.39 Å². The van der Waals surface area contributed by atoms with Crippen molar-refractivity contribution in [2.45, 2.75) is 13.5 Å². The predicted octanol–water partition coefficient (Wildman–Crippen LogP) is 4.35. The molecule has 0 saturated carbocycles. The monoisotopic (exact) mass is 351 g/mol. The molecule has 3 nitrogen and oxygen atoms in total. The average Bonchev–Trinajstić information content (AvgIpc) is 2.69. The number of aromatic amines is 1. The molecule has 1 N–H and O–H groups in total. The number of hydrogen-bond donors (Lipinski definition) is 1. The Balaban J connectivity index is 2.11. The molecule has 0 unspecified atom stereocenters. The number of imidazole rings is 1. The van der Waals surface area contributed by atoms with E-state index in [0.29, 0.717) is 21.3 Å². The zero-order valence-electron chi connectivity index (χ0n) is 10.7. The molecule has 1 aromatic carbocycles. The number of nitrogens with zero attached hydrogens (tertiary/aromatic N) is 2. The van der Waals surface area contributed by atoms with Crippen LogP contribution in [0.3, 0.4) is 0 Å². The SMILES string of the molecule is Cc1ccc(Cn2c(=S)[nH]c3cc(F)c(Br)cc32)cn1. The van der Waals surface area contributed by atoms with Gasteiger partial charge in [0.15, 0.2) is 4.77 Å². The van der Waals surface area contributed by atoms with Crippen LogP contribution in [0.25, 0.3) is 11.0 Å². The van der Waals surface area contributed by atoms with Crippen molar-refractivity contribution in [3.63, 3.8) is 0 Å². The topological polar surface area (TPSA) is 33.6 Å². The van der Waals surface area contributed by atoms with E-state index in [4.69, 9.17) is 12.2 Å². The van der Waals surface area contributed by atoms with E-state index in [2.05, 4.69) is 25.9 Å². The van der Waals surface area contributed by atoms with Crippen LogP contribution >= 0.6 is 28.1 Å². The second-order valence-corrected chi connectivity index (χ2v) is 5.85. The molecule has 3 rings (SSSR count). The van der Waals surface area contributed by atoms with E-state index >= 15 is 0 Å². The molecule has 6 heteroatoms. The summed E-state index contributed by atoms with van der Waals surface area (Å²) >= 11 is 8.52. The minimum absolute atomic E-state index is 0.307. The van der Waals surface area contributed by atoms with Gasteiger partial charge in [-0.2, -0.15) is 0 Å². The van der Waals surface area contributed by atoms with Gasteiger partial charge in [-0.15, -0.1) is 0 Å². The fourth-order valence-corrected chi connectivity index (χ4v) is 2.69. The molecule has 0 saturated heterocycles. The summed E-state index contributed by atoms with van der Waals surface area (Å²) in [5.74, 6) is -0.307. The molecule has 0 atom stereocenters. The number of halogens is 2. The molecule has 0 amide bonds. The number of pyridine rings is 1. The lowest BCUT2D eigenvalue weighted by molar-refractivity contribution is 0.622. The van der Waals surface area contributed by atoms with Gasteiger partial charge in [0.2, 0.25) is 0 Å². The maximum atomic E-state index is 13.5. The van der Waals surface area contributed by atoms with Crippen LogP contribution in [0.1, 0.15) is 11.3 Å². The van der Waals surface area contributed by atoms with Gasteiger partial charge in [0.05, 0.1) is 22.1 Å². The summed E-state index contributed by atoms with van der Waals surface area (Å²) in [4.78, 5) is 7.30. The first-order chi connectivity index (χ1) is 9.54. The van der Waals surface area contributed by atoms with Gasteiger partial charge >= 0.3 is 0 Å². The number of benzene rings is 1. The highest BCUT2D eigenvalue weighted by molar-refractivity contribution is 9.10. The van der Waals surface area contributed by atoms with Gasteiger partial charge in [0.1, 0.15) is 5.82 Å². The smallest absolute Gasteiger partial charge is 0.178 e. The lowest BCUT2D eigenvalue weighted by Gasteiger charge is -2.05. The third-order valence-electron chi connectivity index (χ3n) is 3.13. The van der Waals surface area contributed by atoms with Crippen molar-refractivity contribution >= 4 is 39.2 Å². The molecular formula is C14H11BrFN3S. The molecule has 0 aliphatic carbocycles. The van der Waals surface area contributed by atoms with E-state index in [-0.39, 0.29) is 5.82 Å². The molecule has 2 aromatic heterocycles. The molecule has 0 spiro atoms. The molecule has 2 heterocycles. The number of aryl methyl sites for hydroxylation is 1. The Morgan fingerprint density at radius 1 is 1.40 bits per heavy atom. The zero-order valence-corrected chi connectivity index (χ0v) is 13.1. The molecule has 0 fully saturated rings. The Labute approximate surface area is 128 Å². The first-order valence-electron chi connectivity index (χ1n) is 6.03. The minimum atomic E-state index is -0.307. The van der Waals surface area contributed by atoms with E-state index in [1.165, 1.54) is 6.07 Å². The highest BCUT2D eigenvalue weighted by atomic mass is 79.9. The first kappa shape index (κ1) is 13.5. The summed E-state index contributed by atoms with van der Waals surface area (Å²) in [5.41, 5.74) is 3.58. The second kappa shape index (κ2) is 5.10. The van der Waals surface area contributed by atoms with E-state index in [0.717, 1.165) is 16.8 Å². The molecule has 0 bridgehead atoms. The average molecular weight is 352 g/mol. The van der Waals surface area contributed by atoms with Crippen LogP contribution in [0.2, 0.25) is 0 Å². The summed E-state index contributed by atoms with van der Waals surface area (Å²) in [6, 6.07) is 7.16. The molecule has 0 aliphatic heterocycles. The number of aromatic nitrogens is 3. The second-order valence-electron chi connectivity index (χ2n) is 4.61. The summed E-state index contributed by atoms with van der Waals surface area (Å²) < 4.78 is 16.5. The number of hydrogen-bond acceptors (Lipinski definition) is 2. The molecule has 102 valence electrons. The minimum Gasteiger partial charge on any atom is -0.330 e. The number of H-pyrrole nitrogens is 1. The van der Waals surface area contributed by atoms with E-state index in [1.807, 2.05) is 29.8 Å². The highest BCUT2D eigenvalue weighted by Crippen LogP contribution is 2.23. The van der Waals surface area contributed by atoms with Crippen LogP contribution in [0.15, 0.2) is 34.9 Å². The highest BCUT2D eigenvalue weighted by Gasteiger charge is 2.09. The molecule has 20 heavy (non-hydrogen) atoms. The maximum absolute atomic E-state index is 13.5. The molecule has 0 radical (unpaired) electrons. The largest absolute Gasteiger partial charge is 0.330 e. The Morgan fingerprint density at radius 2 is 2.20 bits per heavy atom. The summed E-state index contributed by atoms with van der Waals surface area (Å²) in [5, 5.41) is 0. The van der Waals surface area contributed by atoms with Crippen molar-refractivity contribution in [2.75, 3.05) is 0 Å². The lowest BCUT2D eigenvalue weighted by atomic mass is 10.2. The number of nitrogens with one attached hydrogen (secondary N) is 1. The molecular weight excluding hydrogens is 341 g/mol.